The smallest absolute Gasteiger partial charge is 0.319 e. The summed E-state index contributed by atoms with van der Waals surface area (Å²) in [6.07, 6.45) is 5.81. The van der Waals surface area contributed by atoms with Gasteiger partial charge in [-0.2, -0.15) is 0 Å². The van der Waals surface area contributed by atoms with E-state index >= 15 is 0 Å². The second kappa shape index (κ2) is 8.74. The Morgan fingerprint density at radius 3 is 2.61 bits per heavy atom. The van der Waals surface area contributed by atoms with Crippen molar-refractivity contribution in [1.82, 2.24) is 5.32 Å². The van der Waals surface area contributed by atoms with Crippen molar-refractivity contribution in [3.05, 3.63) is 23.2 Å². The quantitative estimate of drug-likeness (QED) is 0.664. The molecule has 1 aliphatic carbocycles. The van der Waals surface area contributed by atoms with Crippen LogP contribution in [0.15, 0.2) is 18.2 Å². The van der Waals surface area contributed by atoms with Gasteiger partial charge in [-0.05, 0) is 31.0 Å². The van der Waals surface area contributed by atoms with E-state index in [-0.39, 0.29) is 30.9 Å². The molecule has 126 valence electrons. The summed E-state index contributed by atoms with van der Waals surface area (Å²) in [7, 11) is 0. The Hall–Kier alpha value is -1.79. The summed E-state index contributed by atoms with van der Waals surface area (Å²) in [5.41, 5.74) is 6.38. The van der Waals surface area contributed by atoms with Gasteiger partial charge in [0.05, 0.1) is 10.7 Å². The first-order valence-electron chi connectivity index (χ1n) is 7.95. The number of halogens is 1. The average molecular weight is 339 g/mol. The first kappa shape index (κ1) is 17.6. The van der Waals surface area contributed by atoms with Crippen molar-refractivity contribution in [2.75, 3.05) is 17.2 Å². The van der Waals surface area contributed by atoms with Crippen molar-refractivity contribution in [2.24, 2.45) is 5.73 Å². The number of carbonyl (C=O) groups is 2. The minimum atomic E-state index is -0.238. The molecule has 0 atom stereocenters. The molecule has 1 saturated carbocycles. The van der Waals surface area contributed by atoms with E-state index < -0.39 is 0 Å². The predicted octanol–water partition coefficient (Wildman–Crippen LogP) is 3.08. The van der Waals surface area contributed by atoms with E-state index in [2.05, 4.69) is 16.0 Å². The standard InChI is InChI=1S/C16H23ClN4O2/c17-13-7-6-12(10-14(13)21-15(22)8-9-18)20-16(23)19-11-4-2-1-3-5-11/h6-7,10-11H,1-5,8-9,18H2,(H,21,22)(H2,19,20,23). The van der Waals surface area contributed by atoms with Gasteiger partial charge in [0.25, 0.3) is 0 Å². The summed E-state index contributed by atoms with van der Waals surface area (Å²) in [6, 6.07) is 4.97. The maximum Gasteiger partial charge on any atom is 0.319 e. The number of rotatable bonds is 5. The molecule has 0 aromatic heterocycles. The number of hydrogen-bond acceptors (Lipinski definition) is 3. The lowest BCUT2D eigenvalue weighted by molar-refractivity contribution is -0.116. The highest BCUT2D eigenvalue weighted by Gasteiger charge is 2.16. The summed E-state index contributed by atoms with van der Waals surface area (Å²) in [6.45, 7) is 0.269. The van der Waals surface area contributed by atoms with Gasteiger partial charge in [0.1, 0.15) is 0 Å². The molecule has 1 aromatic rings. The van der Waals surface area contributed by atoms with Crippen LogP contribution in [0.1, 0.15) is 38.5 Å². The number of nitrogens with two attached hydrogens (primary N) is 1. The van der Waals surface area contributed by atoms with Crippen LogP contribution in [0, 0.1) is 0 Å². The topological polar surface area (TPSA) is 96.2 Å². The maximum absolute atomic E-state index is 12.0. The first-order valence-corrected chi connectivity index (χ1v) is 8.33. The molecular formula is C16H23ClN4O2. The monoisotopic (exact) mass is 338 g/mol. The molecule has 0 unspecified atom stereocenters. The van der Waals surface area contributed by atoms with Gasteiger partial charge in [-0.15, -0.1) is 0 Å². The van der Waals surface area contributed by atoms with Gasteiger partial charge in [-0.1, -0.05) is 30.9 Å². The van der Waals surface area contributed by atoms with E-state index in [1.807, 2.05) is 0 Å². The maximum atomic E-state index is 12.0. The lowest BCUT2D eigenvalue weighted by atomic mass is 9.96. The second-order valence-electron chi connectivity index (χ2n) is 5.71. The largest absolute Gasteiger partial charge is 0.335 e. The summed E-state index contributed by atoms with van der Waals surface area (Å²) in [5.74, 6) is -0.210. The number of anilines is 2. The van der Waals surface area contributed by atoms with E-state index in [1.165, 1.54) is 6.42 Å². The Kier molecular flexibility index (Phi) is 6.67. The Morgan fingerprint density at radius 1 is 1.17 bits per heavy atom. The van der Waals surface area contributed by atoms with Crippen LogP contribution < -0.4 is 21.7 Å². The van der Waals surface area contributed by atoms with Gasteiger partial charge in [-0.25, -0.2) is 4.79 Å². The van der Waals surface area contributed by atoms with Crippen LogP contribution >= 0.6 is 11.6 Å². The van der Waals surface area contributed by atoms with E-state index in [4.69, 9.17) is 17.3 Å². The van der Waals surface area contributed by atoms with Crippen LogP contribution in [0.25, 0.3) is 0 Å². The summed E-state index contributed by atoms with van der Waals surface area (Å²) < 4.78 is 0. The molecule has 1 fully saturated rings. The van der Waals surface area contributed by atoms with E-state index in [0.29, 0.717) is 16.4 Å². The number of hydrogen-bond donors (Lipinski definition) is 4. The number of carbonyl (C=O) groups excluding carboxylic acids is 2. The molecule has 1 aliphatic rings. The fourth-order valence-electron chi connectivity index (χ4n) is 2.64. The molecule has 5 N–H and O–H groups in total. The van der Waals surface area contributed by atoms with E-state index in [9.17, 15) is 9.59 Å². The van der Waals surface area contributed by atoms with Crippen molar-refractivity contribution in [3.63, 3.8) is 0 Å². The molecule has 6 nitrogen and oxygen atoms in total. The van der Waals surface area contributed by atoms with Crippen molar-refractivity contribution in [1.29, 1.82) is 0 Å². The SMILES string of the molecule is NCCC(=O)Nc1cc(NC(=O)NC2CCCCC2)ccc1Cl. The number of nitrogens with one attached hydrogen (secondary N) is 3. The Balaban J connectivity index is 1.93. The molecular weight excluding hydrogens is 316 g/mol. The highest BCUT2D eigenvalue weighted by atomic mass is 35.5. The zero-order valence-electron chi connectivity index (χ0n) is 13.0. The fraction of sp³-hybridized carbons (Fsp3) is 0.500. The number of amides is 3. The second-order valence-corrected chi connectivity index (χ2v) is 6.12. The predicted molar refractivity (Wildman–Crippen MR) is 92.8 cm³/mol. The minimum absolute atomic E-state index is 0.210. The summed E-state index contributed by atoms with van der Waals surface area (Å²) in [4.78, 5) is 23.7. The lowest BCUT2D eigenvalue weighted by Gasteiger charge is -2.23. The molecule has 23 heavy (non-hydrogen) atoms. The third kappa shape index (κ3) is 5.73. The van der Waals surface area contributed by atoms with Crippen LogP contribution in [0.3, 0.4) is 0 Å². The zero-order valence-corrected chi connectivity index (χ0v) is 13.8. The van der Waals surface area contributed by atoms with Crippen LogP contribution in [0.2, 0.25) is 5.02 Å². The van der Waals surface area contributed by atoms with Crippen LogP contribution in [0.5, 0.6) is 0 Å². The summed E-state index contributed by atoms with van der Waals surface area (Å²) in [5, 5.41) is 8.85. The molecule has 7 heteroatoms. The Labute approximate surface area is 141 Å². The molecule has 0 spiro atoms. The van der Waals surface area contributed by atoms with E-state index in [0.717, 1.165) is 25.7 Å². The summed E-state index contributed by atoms with van der Waals surface area (Å²) >= 11 is 6.06. The zero-order chi connectivity index (χ0) is 16.7. The molecule has 0 radical (unpaired) electrons. The Bertz CT molecular complexity index is 559. The van der Waals surface area contributed by atoms with Crippen LogP contribution in [-0.4, -0.2) is 24.5 Å². The van der Waals surface area contributed by atoms with Crippen molar-refractivity contribution >= 4 is 34.9 Å². The first-order chi connectivity index (χ1) is 11.1. The van der Waals surface area contributed by atoms with Gasteiger partial charge in [0, 0.05) is 24.7 Å². The van der Waals surface area contributed by atoms with Crippen LogP contribution in [0.4, 0.5) is 16.2 Å². The lowest BCUT2D eigenvalue weighted by Crippen LogP contribution is -2.39. The molecule has 2 rings (SSSR count). The van der Waals surface area contributed by atoms with Gasteiger partial charge in [0.2, 0.25) is 5.91 Å². The highest BCUT2D eigenvalue weighted by molar-refractivity contribution is 6.33. The molecule has 0 heterocycles. The fourth-order valence-corrected chi connectivity index (χ4v) is 2.81. The Morgan fingerprint density at radius 2 is 1.91 bits per heavy atom. The number of urea groups is 1. The third-order valence-electron chi connectivity index (χ3n) is 3.81. The van der Waals surface area contributed by atoms with Gasteiger partial charge >= 0.3 is 6.03 Å². The molecule has 0 bridgehead atoms. The average Bonchev–Trinajstić information content (AvgIpc) is 2.52. The highest BCUT2D eigenvalue weighted by Crippen LogP contribution is 2.26. The molecule has 0 aliphatic heterocycles. The molecule has 1 aromatic carbocycles. The van der Waals surface area contributed by atoms with Gasteiger partial charge in [0.15, 0.2) is 0 Å². The molecule has 3 amide bonds. The normalized spacial score (nSPS) is 15.0. The molecule has 0 saturated heterocycles. The number of benzene rings is 1. The van der Waals surface area contributed by atoms with Gasteiger partial charge < -0.3 is 21.7 Å². The van der Waals surface area contributed by atoms with Crippen molar-refractivity contribution in [3.8, 4) is 0 Å². The van der Waals surface area contributed by atoms with Crippen LogP contribution in [-0.2, 0) is 4.79 Å². The van der Waals surface area contributed by atoms with Crippen molar-refractivity contribution in [2.45, 2.75) is 44.6 Å². The third-order valence-corrected chi connectivity index (χ3v) is 4.14. The van der Waals surface area contributed by atoms with Gasteiger partial charge in [-0.3, -0.25) is 4.79 Å². The van der Waals surface area contributed by atoms with Crippen molar-refractivity contribution < 1.29 is 9.59 Å². The van der Waals surface area contributed by atoms with E-state index in [1.54, 1.807) is 18.2 Å². The minimum Gasteiger partial charge on any atom is -0.335 e.